The monoisotopic (exact) mass is 394 g/mol. The largest absolute Gasteiger partial charge is 0.480 e. The van der Waals surface area contributed by atoms with Gasteiger partial charge in [0, 0.05) is 0 Å². The van der Waals surface area contributed by atoms with Crippen LogP contribution < -0.4 is 4.74 Å². The van der Waals surface area contributed by atoms with E-state index in [1.165, 1.54) is 18.2 Å². The summed E-state index contributed by atoms with van der Waals surface area (Å²) < 4.78 is 68.4. The van der Waals surface area contributed by atoms with E-state index in [9.17, 15) is 26.2 Å². The Labute approximate surface area is 147 Å². The maximum atomic E-state index is 11.9. The first-order chi connectivity index (χ1) is 11.6. The molecule has 0 aliphatic rings. The highest BCUT2D eigenvalue weighted by molar-refractivity contribution is 8.01. The van der Waals surface area contributed by atoms with Gasteiger partial charge in [-0.2, -0.15) is 16.8 Å². The molecule has 0 spiro atoms. The molecule has 0 fully saturated rings. The van der Waals surface area contributed by atoms with E-state index in [0.29, 0.717) is 6.42 Å². The molecule has 0 radical (unpaired) electrons. The van der Waals surface area contributed by atoms with Crippen LogP contribution in [0.4, 0.5) is 0 Å². The van der Waals surface area contributed by atoms with Crippen LogP contribution in [0.1, 0.15) is 45.4 Å². The Bertz CT molecular complexity index is 784. The molecule has 8 nitrogen and oxygen atoms in total. The van der Waals surface area contributed by atoms with Crippen molar-refractivity contribution >= 4 is 25.4 Å². The molecule has 25 heavy (non-hydrogen) atoms. The molecule has 0 saturated carbocycles. The fourth-order valence-corrected chi connectivity index (χ4v) is 3.36. The van der Waals surface area contributed by atoms with Crippen molar-refractivity contribution < 1.29 is 35.5 Å². The molecule has 1 unspecified atom stereocenters. The van der Waals surface area contributed by atoms with Crippen LogP contribution in [0.2, 0.25) is 0 Å². The summed E-state index contributed by atoms with van der Waals surface area (Å²) in [4.78, 5) is 11.3. The molecule has 1 aromatic carbocycles. The van der Waals surface area contributed by atoms with Crippen LogP contribution in [-0.2, 0) is 25.0 Å². The first-order valence-electron chi connectivity index (χ1n) is 7.82. The molecular weight excluding hydrogens is 372 g/mol. The van der Waals surface area contributed by atoms with E-state index < -0.39 is 36.4 Å². The molecule has 0 aromatic heterocycles. The maximum Gasteiger partial charge on any atom is 0.332 e. The summed E-state index contributed by atoms with van der Waals surface area (Å²) >= 11 is 0. The fourth-order valence-electron chi connectivity index (χ4n) is 2.24. The number of hydrogen-bond acceptors (Lipinski definition) is 6. The van der Waals surface area contributed by atoms with E-state index in [1.807, 2.05) is 6.92 Å². The highest BCUT2D eigenvalue weighted by Gasteiger charge is 2.32. The molecule has 1 aromatic rings. The predicted molar refractivity (Wildman–Crippen MR) is 90.6 cm³/mol. The maximum absolute atomic E-state index is 11.9. The van der Waals surface area contributed by atoms with Crippen molar-refractivity contribution in [3.8, 4) is 5.75 Å². The molecule has 1 atom stereocenters. The quantitative estimate of drug-likeness (QED) is 0.456. The van der Waals surface area contributed by atoms with Crippen molar-refractivity contribution in [2.24, 2.45) is 0 Å². The van der Waals surface area contributed by atoms with E-state index in [0.717, 1.165) is 31.7 Å². The van der Waals surface area contributed by atoms with Gasteiger partial charge < -0.3 is 4.74 Å². The van der Waals surface area contributed by atoms with E-state index in [1.54, 1.807) is 0 Å². The number of rotatable bonds is 10. The topological polar surface area (TPSA) is 135 Å². The van der Waals surface area contributed by atoms with Crippen LogP contribution in [0.25, 0.3) is 0 Å². The van der Waals surface area contributed by atoms with Crippen molar-refractivity contribution in [2.75, 3.05) is 0 Å². The van der Waals surface area contributed by atoms with Gasteiger partial charge in [0.05, 0.1) is 0 Å². The smallest absolute Gasteiger partial charge is 0.332 e. The van der Waals surface area contributed by atoms with Crippen molar-refractivity contribution in [1.29, 1.82) is 0 Å². The van der Waals surface area contributed by atoms with Crippen molar-refractivity contribution in [3.05, 3.63) is 24.3 Å². The molecule has 0 bridgehead atoms. The Morgan fingerprint density at radius 2 is 1.64 bits per heavy atom. The minimum absolute atomic E-state index is 0.0118. The average Bonchev–Trinajstić information content (AvgIpc) is 2.51. The van der Waals surface area contributed by atoms with E-state index >= 15 is 0 Å². The number of ether oxygens (including phenoxy) is 1. The fraction of sp³-hybridized carbons (Fsp3) is 0.533. The molecule has 10 heteroatoms. The Balaban J connectivity index is 3.00. The van der Waals surface area contributed by atoms with Gasteiger partial charge in [-0.1, -0.05) is 44.7 Å². The van der Waals surface area contributed by atoms with Gasteiger partial charge in [0.15, 0.2) is 6.10 Å². The summed E-state index contributed by atoms with van der Waals surface area (Å²) in [7, 11) is -9.61. The van der Waals surface area contributed by atoms with Gasteiger partial charge in [0.1, 0.15) is 10.6 Å². The standard InChI is InChI=1S/C15H22O8S2/c1-2-3-4-5-6-10-13(15(16)25(20,21)22)23-12-9-7-8-11-14(12)24(17,18)19/h7-9,11,13H,2-6,10H2,1H3,(H,17,18,19)(H,20,21,22). The van der Waals surface area contributed by atoms with Gasteiger partial charge >= 0.3 is 15.2 Å². The van der Waals surface area contributed by atoms with Crippen molar-refractivity contribution in [1.82, 2.24) is 0 Å². The molecule has 2 N–H and O–H groups in total. The summed E-state index contributed by atoms with van der Waals surface area (Å²) in [5.41, 5.74) is 0. The summed E-state index contributed by atoms with van der Waals surface area (Å²) in [6, 6.07) is 4.98. The number of benzene rings is 1. The summed E-state index contributed by atoms with van der Waals surface area (Å²) in [5.74, 6) is -0.361. The highest BCUT2D eigenvalue weighted by atomic mass is 32.2. The Morgan fingerprint density at radius 1 is 1.04 bits per heavy atom. The molecule has 0 aliphatic carbocycles. The number of carbonyl (C=O) groups is 1. The molecule has 1 rings (SSSR count). The molecule has 0 heterocycles. The van der Waals surface area contributed by atoms with Crippen LogP contribution in [0.15, 0.2) is 29.2 Å². The lowest BCUT2D eigenvalue weighted by Gasteiger charge is -2.18. The normalized spacial score (nSPS) is 13.4. The summed E-state index contributed by atoms with van der Waals surface area (Å²) in [5, 5.41) is -1.55. The Morgan fingerprint density at radius 3 is 2.20 bits per heavy atom. The van der Waals surface area contributed by atoms with Crippen LogP contribution in [-0.4, -0.2) is 37.2 Å². The van der Waals surface area contributed by atoms with Gasteiger partial charge in [0.2, 0.25) is 0 Å². The van der Waals surface area contributed by atoms with E-state index in [2.05, 4.69) is 0 Å². The van der Waals surface area contributed by atoms with Gasteiger partial charge in [-0.05, 0) is 25.0 Å². The molecule has 0 amide bonds. The molecule has 142 valence electrons. The minimum atomic E-state index is -4.99. The minimum Gasteiger partial charge on any atom is -0.480 e. The molecule has 0 saturated heterocycles. The van der Waals surface area contributed by atoms with E-state index in [4.69, 9.17) is 9.29 Å². The Kier molecular flexibility index (Phi) is 8.00. The number of hydrogen-bond donors (Lipinski definition) is 2. The van der Waals surface area contributed by atoms with Crippen LogP contribution in [0, 0.1) is 0 Å². The summed E-state index contributed by atoms with van der Waals surface area (Å²) in [6.45, 7) is 2.03. The first kappa shape index (κ1) is 21.6. The SMILES string of the molecule is CCCCCCCC(Oc1ccccc1S(=O)(=O)O)C(=O)S(=O)(=O)O. The van der Waals surface area contributed by atoms with Gasteiger partial charge in [-0.3, -0.25) is 13.9 Å². The average molecular weight is 394 g/mol. The Hall–Kier alpha value is -1.49. The van der Waals surface area contributed by atoms with Gasteiger partial charge in [-0.25, -0.2) is 0 Å². The van der Waals surface area contributed by atoms with Crippen LogP contribution >= 0.6 is 0 Å². The third-order valence-electron chi connectivity index (χ3n) is 3.48. The van der Waals surface area contributed by atoms with Crippen molar-refractivity contribution in [2.45, 2.75) is 56.4 Å². The second-order valence-corrected chi connectivity index (χ2v) is 8.27. The summed E-state index contributed by atoms with van der Waals surface area (Å²) in [6.07, 6.45) is 2.49. The number of unbranched alkanes of at least 4 members (excludes halogenated alkanes) is 4. The lowest BCUT2D eigenvalue weighted by Crippen LogP contribution is -2.33. The van der Waals surface area contributed by atoms with Crippen LogP contribution in [0.3, 0.4) is 0 Å². The predicted octanol–water partition coefficient (Wildman–Crippen LogP) is 2.46. The molecule has 0 aliphatic heterocycles. The molecular formula is C15H22O8S2. The zero-order valence-corrected chi connectivity index (χ0v) is 15.4. The van der Waals surface area contributed by atoms with Gasteiger partial charge in [-0.15, -0.1) is 0 Å². The lowest BCUT2D eigenvalue weighted by molar-refractivity contribution is -0.118. The number of carbonyl (C=O) groups excluding carboxylic acids is 1. The second-order valence-electron chi connectivity index (χ2n) is 5.53. The van der Waals surface area contributed by atoms with Gasteiger partial charge in [0.25, 0.3) is 10.1 Å². The first-order valence-corrected chi connectivity index (χ1v) is 10.7. The third-order valence-corrected chi connectivity index (χ3v) is 5.15. The van der Waals surface area contributed by atoms with Crippen molar-refractivity contribution in [3.63, 3.8) is 0 Å². The lowest BCUT2D eigenvalue weighted by atomic mass is 10.1. The van der Waals surface area contributed by atoms with E-state index in [-0.39, 0.29) is 12.2 Å². The zero-order valence-electron chi connectivity index (χ0n) is 13.8. The zero-order chi connectivity index (χ0) is 19.1. The number of para-hydroxylation sites is 1. The van der Waals surface area contributed by atoms with Crippen LogP contribution in [0.5, 0.6) is 5.75 Å². The highest BCUT2D eigenvalue weighted by Crippen LogP contribution is 2.26. The second kappa shape index (κ2) is 9.27. The third kappa shape index (κ3) is 7.10.